The first kappa shape index (κ1) is 24.4. The van der Waals surface area contributed by atoms with Gasteiger partial charge in [-0.05, 0) is 50.1 Å². The van der Waals surface area contributed by atoms with Gasteiger partial charge in [-0.25, -0.2) is 8.78 Å². The van der Waals surface area contributed by atoms with E-state index >= 15 is 0 Å². The van der Waals surface area contributed by atoms with Crippen LogP contribution in [-0.2, 0) is 4.79 Å². The third-order valence-corrected chi connectivity index (χ3v) is 5.24. The van der Waals surface area contributed by atoms with Crippen LogP contribution in [0.2, 0.25) is 5.02 Å². The van der Waals surface area contributed by atoms with Crippen molar-refractivity contribution in [3.05, 3.63) is 64.2 Å². The predicted molar refractivity (Wildman–Crippen MR) is 118 cm³/mol. The van der Waals surface area contributed by atoms with Crippen LogP contribution in [0.4, 0.5) is 8.78 Å². The molecule has 0 saturated heterocycles. The van der Waals surface area contributed by atoms with E-state index < -0.39 is 29.5 Å². The van der Waals surface area contributed by atoms with Crippen LogP contribution in [0.1, 0.15) is 40.5 Å². The normalized spacial score (nSPS) is 18.2. The number of carbonyl (C=O) groups is 3. The highest BCUT2D eigenvalue weighted by atomic mass is 35.5. The van der Waals surface area contributed by atoms with E-state index in [1.165, 1.54) is 11.0 Å². The second-order valence-corrected chi connectivity index (χ2v) is 8.17. The van der Waals surface area contributed by atoms with Crippen molar-refractivity contribution in [2.75, 3.05) is 26.2 Å². The maximum absolute atomic E-state index is 14.1. The van der Waals surface area contributed by atoms with Gasteiger partial charge in [-0.15, -0.1) is 0 Å². The van der Waals surface area contributed by atoms with Gasteiger partial charge < -0.3 is 20.3 Å². The first-order valence-corrected chi connectivity index (χ1v) is 10.9. The zero-order chi connectivity index (χ0) is 24.0. The van der Waals surface area contributed by atoms with Crippen molar-refractivity contribution in [3.8, 4) is 5.75 Å². The second-order valence-electron chi connectivity index (χ2n) is 7.73. The minimum Gasteiger partial charge on any atom is -0.491 e. The van der Waals surface area contributed by atoms with Crippen molar-refractivity contribution in [2.45, 2.75) is 25.8 Å². The zero-order valence-corrected chi connectivity index (χ0v) is 18.8. The van der Waals surface area contributed by atoms with Crippen LogP contribution in [0, 0.1) is 11.6 Å². The molecule has 3 amide bonds. The molecular weight excluding hydrogens is 456 g/mol. The first-order chi connectivity index (χ1) is 15.7. The molecule has 0 aromatic heterocycles. The Morgan fingerprint density at radius 3 is 2.70 bits per heavy atom. The lowest BCUT2D eigenvalue weighted by Gasteiger charge is -2.24. The van der Waals surface area contributed by atoms with Crippen molar-refractivity contribution in [1.82, 2.24) is 15.5 Å². The van der Waals surface area contributed by atoms with Crippen molar-refractivity contribution in [1.29, 1.82) is 0 Å². The molecule has 2 N–H and O–H groups in total. The van der Waals surface area contributed by atoms with E-state index in [0.717, 1.165) is 12.1 Å². The lowest BCUT2D eigenvalue weighted by atomic mass is 10.1. The van der Waals surface area contributed by atoms with Gasteiger partial charge in [0.2, 0.25) is 5.91 Å². The van der Waals surface area contributed by atoms with E-state index in [1.807, 2.05) is 0 Å². The smallest absolute Gasteiger partial charge is 0.257 e. The standard InChI is InChI=1S/C23H24ClF2N3O4/c1-14-13-33-20-7-4-15(24)10-18(20)22(31)27-8-2-3-9-29(12-21(30)28-14)23(32)17-6-5-16(25)11-19(17)26/h4-7,10-11,14H,2-3,8-9,12-13H2,1H3,(H,27,31)(H,28,30)/t14-/m0/s1. The van der Waals surface area contributed by atoms with Gasteiger partial charge in [0.25, 0.3) is 11.8 Å². The molecule has 10 heteroatoms. The molecular formula is C23H24ClF2N3O4. The average molecular weight is 480 g/mol. The predicted octanol–water partition coefficient (Wildman–Crippen LogP) is 3.17. The number of carbonyl (C=O) groups excluding carboxylic acids is 3. The molecule has 1 heterocycles. The number of amides is 3. The van der Waals surface area contributed by atoms with E-state index in [-0.39, 0.29) is 36.7 Å². The Hall–Kier alpha value is -3.20. The summed E-state index contributed by atoms with van der Waals surface area (Å²) >= 11 is 6.02. The lowest BCUT2D eigenvalue weighted by molar-refractivity contribution is -0.122. The fourth-order valence-electron chi connectivity index (χ4n) is 3.37. The van der Waals surface area contributed by atoms with Crippen LogP contribution in [-0.4, -0.2) is 54.9 Å². The van der Waals surface area contributed by atoms with Gasteiger partial charge in [0.05, 0.1) is 23.7 Å². The third-order valence-electron chi connectivity index (χ3n) is 5.01. The monoisotopic (exact) mass is 479 g/mol. The average Bonchev–Trinajstić information content (AvgIpc) is 2.76. The number of nitrogens with one attached hydrogen (secondary N) is 2. The number of hydrogen-bond acceptors (Lipinski definition) is 4. The second kappa shape index (κ2) is 11.1. The summed E-state index contributed by atoms with van der Waals surface area (Å²) < 4.78 is 33.1. The molecule has 176 valence electrons. The maximum atomic E-state index is 14.1. The van der Waals surface area contributed by atoms with E-state index in [1.54, 1.807) is 19.1 Å². The SMILES string of the molecule is C[C@H]1COc2ccc(Cl)cc2C(=O)NCCCCN(C(=O)c2ccc(F)cc2F)CC(=O)N1. The molecule has 3 rings (SSSR count). The van der Waals surface area contributed by atoms with E-state index in [4.69, 9.17) is 16.3 Å². The van der Waals surface area contributed by atoms with Gasteiger partial charge in [0, 0.05) is 24.2 Å². The van der Waals surface area contributed by atoms with Crippen LogP contribution in [0.3, 0.4) is 0 Å². The molecule has 0 bridgehead atoms. The molecule has 2 aromatic carbocycles. The minimum atomic E-state index is -0.998. The van der Waals surface area contributed by atoms with Gasteiger partial charge in [-0.2, -0.15) is 0 Å². The highest BCUT2D eigenvalue weighted by Gasteiger charge is 2.23. The van der Waals surface area contributed by atoms with Crippen molar-refractivity contribution < 1.29 is 27.9 Å². The summed E-state index contributed by atoms with van der Waals surface area (Å²) in [6.45, 7) is 1.91. The van der Waals surface area contributed by atoms with Crippen molar-refractivity contribution >= 4 is 29.3 Å². The Bertz CT molecular complexity index is 1050. The maximum Gasteiger partial charge on any atom is 0.257 e. The van der Waals surface area contributed by atoms with E-state index in [0.29, 0.717) is 36.2 Å². The Kier molecular flexibility index (Phi) is 8.21. The molecule has 0 saturated carbocycles. The van der Waals surface area contributed by atoms with Gasteiger partial charge >= 0.3 is 0 Å². The molecule has 1 aliphatic rings. The summed E-state index contributed by atoms with van der Waals surface area (Å²) in [6, 6.07) is 6.91. The Morgan fingerprint density at radius 2 is 1.94 bits per heavy atom. The molecule has 0 radical (unpaired) electrons. The van der Waals surface area contributed by atoms with E-state index in [2.05, 4.69) is 10.6 Å². The summed E-state index contributed by atoms with van der Waals surface area (Å²) in [5.74, 6) is -3.01. The number of benzene rings is 2. The fraction of sp³-hybridized carbons (Fsp3) is 0.348. The number of halogens is 3. The summed E-state index contributed by atoms with van der Waals surface area (Å²) in [6.07, 6.45) is 0.937. The Balaban J connectivity index is 1.78. The molecule has 0 spiro atoms. The van der Waals surface area contributed by atoms with Crippen LogP contribution < -0.4 is 15.4 Å². The number of rotatable bonds is 1. The number of hydrogen-bond donors (Lipinski definition) is 2. The highest BCUT2D eigenvalue weighted by molar-refractivity contribution is 6.31. The lowest BCUT2D eigenvalue weighted by Crippen LogP contribution is -2.45. The molecule has 0 unspecified atom stereocenters. The number of nitrogens with zero attached hydrogens (tertiary/aromatic N) is 1. The van der Waals surface area contributed by atoms with Crippen LogP contribution >= 0.6 is 11.6 Å². The van der Waals surface area contributed by atoms with Crippen molar-refractivity contribution in [3.63, 3.8) is 0 Å². The number of ether oxygens (including phenoxy) is 1. The largest absolute Gasteiger partial charge is 0.491 e. The summed E-state index contributed by atoms with van der Waals surface area (Å²) in [4.78, 5) is 39.2. The van der Waals surface area contributed by atoms with Gasteiger partial charge in [-0.3, -0.25) is 14.4 Å². The molecule has 0 fully saturated rings. The zero-order valence-electron chi connectivity index (χ0n) is 18.0. The van der Waals surface area contributed by atoms with E-state index in [9.17, 15) is 23.2 Å². The van der Waals surface area contributed by atoms with Crippen LogP contribution in [0.25, 0.3) is 0 Å². The van der Waals surface area contributed by atoms with Gasteiger partial charge in [0.15, 0.2) is 0 Å². The summed E-state index contributed by atoms with van der Waals surface area (Å²) in [5, 5.41) is 5.89. The Labute approximate surface area is 195 Å². The van der Waals surface area contributed by atoms with Gasteiger partial charge in [-0.1, -0.05) is 11.6 Å². The quantitative estimate of drug-likeness (QED) is 0.657. The van der Waals surface area contributed by atoms with Crippen LogP contribution in [0.15, 0.2) is 36.4 Å². The first-order valence-electron chi connectivity index (χ1n) is 10.5. The molecule has 1 atom stereocenters. The molecule has 1 aliphatic heterocycles. The third kappa shape index (κ3) is 6.64. The topological polar surface area (TPSA) is 87.7 Å². The summed E-state index contributed by atoms with van der Waals surface area (Å²) in [7, 11) is 0. The molecule has 0 aliphatic carbocycles. The van der Waals surface area contributed by atoms with Crippen LogP contribution in [0.5, 0.6) is 5.75 Å². The minimum absolute atomic E-state index is 0.0637. The molecule has 7 nitrogen and oxygen atoms in total. The summed E-state index contributed by atoms with van der Waals surface area (Å²) in [5.41, 5.74) is -0.0429. The highest BCUT2D eigenvalue weighted by Crippen LogP contribution is 2.23. The van der Waals surface area contributed by atoms with Crippen molar-refractivity contribution in [2.24, 2.45) is 0 Å². The van der Waals surface area contributed by atoms with Gasteiger partial charge in [0.1, 0.15) is 24.0 Å². The fourth-order valence-corrected chi connectivity index (χ4v) is 3.54. The molecule has 2 aromatic rings. The number of fused-ring (bicyclic) bond motifs is 1. The molecule has 33 heavy (non-hydrogen) atoms. The Morgan fingerprint density at radius 1 is 1.15 bits per heavy atom.